The highest BCUT2D eigenvalue weighted by atomic mass is 35.5. The summed E-state index contributed by atoms with van der Waals surface area (Å²) in [5.41, 5.74) is 2.76. The minimum Gasteiger partial charge on any atom is -0.493 e. The van der Waals surface area contributed by atoms with Gasteiger partial charge in [0.25, 0.3) is 0 Å². The molecule has 4 nitrogen and oxygen atoms in total. The number of benzene rings is 1. The molecule has 0 saturated carbocycles. The van der Waals surface area contributed by atoms with Gasteiger partial charge in [-0.1, -0.05) is 17.7 Å². The van der Waals surface area contributed by atoms with E-state index in [0.29, 0.717) is 22.9 Å². The molecule has 5 heteroatoms. The average Bonchev–Trinajstić information content (AvgIpc) is 2.49. The highest BCUT2D eigenvalue weighted by molar-refractivity contribution is 6.31. The first-order valence-corrected chi connectivity index (χ1v) is 7.38. The second-order valence-electron chi connectivity index (χ2n) is 5.27. The fraction of sp³-hybridized carbons (Fsp3) is 0.353. The van der Waals surface area contributed by atoms with E-state index in [4.69, 9.17) is 21.1 Å². The Morgan fingerprint density at radius 1 is 1.18 bits per heavy atom. The summed E-state index contributed by atoms with van der Waals surface area (Å²) in [5, 5.41) is 11.2. The predicted octanol–water partition coefficient (Wildman–Crippen LogP) is 2.77. The number of nitrogens with zero attached hydrogens (tertiary/aromatic N) is 1. The predicted molar refractivity (Wildman–Crippen MR) is 85.6 cm³/mol. The van der Waals surface area contributed by atoms with Crippen molar-refractivity contribution < 1.29 is 19.1 Å². The van der Waals surface area contributed by atoms with Crippen LogP contribution in [0.3, 0.4) is 0 Å². The Balaban J connectivity index is 2.28. The van der Waals surface area contributed by atoms with Crippen molar-refractivity contribution >= 4 is 11.6 Å². The zero-order chi connectivity index (χ0) is 16.3. The molecule has 0 fully saturated rings. The molecule has 0 aliphatic heterocycles. The van der Waals surface area contributed by atoms with Gasteiger partial charge < -0.3 is 14.6 Å². The third-order valence-electron chi connectivity index (χ3n) is 3.67. The van der Waals surface area contributed by atoms with E-state index in [1.54, 1.807) is 26.4 Å². The normalized spacial score (nSPS) is 12.1. The summed E-state index contributed by atoms with van der Waals surface area (Å²) in [6, 6.07) is 5.41. The molecule has 1 aromatic heterocycles. The number of aliphatic hydroxyl groups excluding tert-OH is 1. The van der Waals surface area contributed by atoms with Crippen molar-refractivity contribution in [2.45, 2.75) is 19.4 Å². The number of ether oxygens (including phenoxy) is 2. The summed E-state index contributed by atoms with van der Waals surface area (Å²) in [6.07, 6.45) is 3.61. The molecule has 0 unspecified atom stereocenters. The molecule has 0 spiro atoms. The highest BCUT2D eigenvalue weighted by Gasteiger charge is 2.17. The average molecular weight is 323 g/mol. The number of aliphatic hydroxyl groups is 1. The Hall–Kier alpha value is -1.78. The first kappa shape index (κ1) is 16.6. The fourth-order valence-corrected chi connectivity index (χ4v) is 2.88. The molecule has 22 heavy (non-hydrogen) atoms. The maximum absolute atomic E-state index is 10.5. The number of hydrogen-bond acceptors (Lipinski definition) is 3. The van der Waals surface area contributed by atoms with Gasteiger partial charge in [-0.05, 0) is 30.2 Å². The first-order chi connectivity index (χ1) is 10.5. The van der Waals surface area contributed by atoms with E-state index in [-0.39, 0.29) is 0 Å². The molecule has 0 amide bonds. The molecule has 0 aliphatic rings. The Bertz CT molecular complexity index is 650. The minimum absolute atomic E-state index is 0.445. The van der Waals surface area contributed by atoms with Crippen LogP contribution in [0, 0.1) is 6.92 Å². The molecule has 0 saturated heterocycles. The number of halogens is 1. The van der Waals surface area contributed by atoms with Crippen molar-refractivity contribution in [3.63, 3.8) is 0 Å². The molecule has 1 atom stereocenters. The molecule has 0 bridgehead atoms. The van der Waals surface area contributed by atoms with E-state index in [2.05, 4.69) is 0 Å². The topological polar surface area (TPSA) is 42.6 Å². The molecule has 1 aromatic carbocycles. The van der Waals surface area contributed by atoms with Gasteiger partial charge in [-0.15, -0.1) is 0 Å². The molecule has 1 N–H and O–H groups in total. The first-order valence-electron chi connectivity index (χ1n) is 7.00. The number of pyridine rings is 1. The van der Waals surface area contributed by atoms with Crippen molar-refractivity contribution in [3.05, 3.63) is 52.3 Å². The molecule has 0 aliphatic carbocycles. The van der Waals surface area contributed by atoms with Crippen molar-refractivity contribution in [2.24, 2.45) is 7.05 Å². The lowest BCUT2D eigenvalue weighted by atomic mass is 9.99. The van der Waals surface area contributed by atoms with E-state index in [1.165, 1.54) is 0 Å². The van der Waals surface area contributed by atoms with Gasteiger partial charge in [0.05, 0.1) is 20.3 Å². The monoisotopic (exact) mass is 322 g/mol. The van der Waals surface area contributed by atoms with Crippen LogP contribution in [0.1, 0.15) is 22.8 Å². The standard InChI is InChI=1S/C17H21ClNO3/c1-11-9-19(2)10-14(18)13(11)8-15(20)12-5-6-16(21-3)17(7-12)22-4/h5-7,9-10,15,20H,8H2,1-4H3/q+1/t15-/m1/s1. The molecular weight excluding hydrogens is 302 g/mol. The van der Waals surface area contributed by atoms with Crippen molar-refractivity contribution in [1.82, 2.24) is 0 Å². The van der Waals surface area contributed by atoms with Gasteiger partial charge in [-0.3, -0.25) is 0 Å². The summed E-state index contributed by atoms with van der Waals surface area (Å²) >= 11 is 6.30. The summed E-state index contributed by atoms with van der Waals surface area (Å²) in [7, 11) is 5.08. The van der Waals surface area contributed by atoms with E-state index >= 15 is 0 Å². The molecule has 118 valence electrons. The summed E-state index contributed by atoms with van der Waals surface area (Å²) < 4.78 is 12.4. The molecule has 2 aromatic rings. The Kier molecular flexibility index (Phi) is 5.27. The Labute approximate surface area is 135 Å². The Morgan fingerprint density at radius 3 is 2.45 bits per heavy atom. The van der Waals surface area contributed by atoms with Crippen LogP contribution < -0.4 is 14.0 Å². The zero-order valence-corrected chi connectivity index (χ0v) is 14.0. The lowest BCUT2D eigenvalue weighted by molar-refractivity contribution is -0.671. The van der Waals surface area contributed by atoms with Crippen LogP contribution in [0.25, 0.3) is 0 Å². The van der Waals surface area contributed by atoms with Crippen LogP contribution in [-0.2, 0) is 13.5 Å². The Morgan fingerprint density at radius 2 is 1.86 bits per heavy atom. The van der Waals surface area contributed by atoms with E-state index in [0.717, 1.165) is 16.7 Å². The smallest absolute Gasteiger partial charge is 0.187 e. The lowest BCUT2D eigenvalue weighted by Crippen LogP contribution is -2.28. The lowest BCUT2D eigenvalue weighted by Gasteiger charge is -2.15. The third kappa shape index (κ3) is 3.51. The summed E-state index contributed by atoms with van der Waals surface area (Å²) in [6.45, 7) is 1.99. The maximum atomic E-state index is 10.5. The van der Waals surface area contributed by atoms with Gasteiger partial charge in [0.15, 0.2) is 23.9 Å². The summed E-state index contributed by atoms with van der Waals surface area (Å²) in [4.78, 5) is 0. The number of methoxy groups -OCH3 is 2. The zero-order valence-electron chi connectivity index (χ0n) is 13.3. The quantitative estimate of drug-likeness (QED) is 0.861. The van der Waals surface area contributed by atoms with Gasteiger partial charge in [0, 0.05) is 12.0 Å². The van der Waals surface area contributed by atoms with Crippen LogP contribution in [0.15, 0.2) is 30.6 Å². The van der Waals surface area contributed by atoms with Gasteiger partial charge in [0.1, 0.15) is 12.1 Å². The third-order valence-corrected chi connectivity index (χ3v) is 3.99. The highest BCUT2D eigenvalue weighted by Crippen LogP contribution is 2.32. The maximum Gasteiger partial charge on any atom is 0.187 e. The molecule has 0 radical (unpaired) electrons. The fourth-order valence-electron chi connectivity index (χ4n) is 2.50. The minimum atomic E-state index is -0.663. The number of aromatic nitrogens is 1. The van der Waals surface area contributed by atoms with Crippen molar-refractivity contribution in [1.29, 1.82) is 0 Å². The summed E-state index contributed by atoms with van der Waals surface area (Å²) in [5.74, 6) is 1.24. The van der Waals surface area contributed by atoms with Crippen molar-refractivity contribution in [2.75, 3.05) is 14.2 Å². The van der Waals surface area contributed by atoms with Gasteiger partial charge in [-0.25, -0.2) is 4.57 Å². The van der Waals surface area contributed by atoms with Gasteiger partial charge in [-0.2, -0.15) is 0 Å². The van der Waals surface area contributed by atoms with Crippen LogP contribution in [-0.4, -0.2) is 19.3 Å². The van der Waals surface area contributed by atoms with Crippen LogP contribution in [0.2, 0.25) is 5.02 Å². The SMILES string of the molecule is COc1ccc([C@H](O)Cc2c(C)c[n+](C)cc2Cl)cc1OC. The number of hydrogen-bond donors (Lipinski definition) is 1. The number of rotatable bonds is 5. The molecule has 2 rings (SSSR count). The second kappa shape index (κ2) is 6.99. The van der Waals surface area contributed by atoms with Gasteiger partial charge >= 0.3 is 0 Å². The van der Waals surface area contributed by atoms with E-state index in [1.807, 2.05) is 37.0 Å². The van der Waals surface area contributed by atoms with E-state index in [9.17, 15) is 5.11 Å². The van der Waals surface area contributed by atoms with E-state index < -0.39 is 6.10 Å². The van der Waals surface area contributed by atoms with Crippen LogP contribution in [0.4, 0.5) is 0 Å². The van der Waals surface area contributed by atoms with Crippen molar-refractivity contribution in [3.8, 4) is 11.5 Å². The molecule has 1 heterocycles. The van der Waals surface area contributed by atoms with Crippen LogP contribution >= 0.6 is 11.6 Å². The molecular formula is C17H21ClNO3+. The van der Waals surface area contributed by atoms with Crippen LogP contribution in [0.5, 0.6) is 11.5 Å². The van der Waals surface area contributed by atoms with Gasteiger partial charge in [0.2, 0.25) is 0 Å². The number of aryl methyl sites for hydroxylation is 2. The largest absolute Gasteiger partial charge is 0.493 e. The second-order valence-corrected chi connectivity index (χ2v) is 5.67.